The number of hydrogen-bond donors (Lipinski definition) is 1. The molecule has 2 rings (SSSR count). The molecule has 21 heavy (non-hydrogen) atoms. The minimum absolute atomic E-state index is 0.475. The van der Waals surface area contributed by atoms with Crippen LogP contribution in [0.15, 0.2) is 36.5 Å². The van der Waals surface area contributed by atoms with Gasteiger partial charge in [0.2, 0.25) is 0 Å². The Morgan fingerprint density at radius 3 is 2.67 bits per heavy atom. The Morgan fingerprint density at radius 2 is 1.95 bits per heavy atom. The Labute approximate surface area is 126 Å². The first-order valence-corrected chi connectivity index (χ1v) is 7.73. The molecule has 2 N–H and O–H groups in total. The number of benzene rings is 1. The van der Waals surface area contributed by atoms with E-state index in [0.29, 0.717) is 19.2 Å². The highest BCUT2D eigenvalue weighted by molar-refractivity contribution is 5.33. The minimum Gasteiger partial charge on any atom is -0.487 e. The highest BCUT2D eigenvalue weighted by Gasteiger charge is 2.09. The Kier molecular flexibility index (Phi) is 5.81. The van der Waals surface area contributed by atoms with Crippen molar-refractivity contribution in [2.24, 2.45) is 5.73 Å². The zero-order valence-electron chi connectivity index (χ0n) is 13.0. The maximum Gasteiger partial charge on any atom is 0.132 e. The monoisotopic (exact) mass is 287 g/mol. The lowest BCUT2D eigenvalue weighted by Gasteiger charge is -2.13. The van der Waals surface area contributed by atoms with Gasteiger partial charge in [0.15, 0.2) is 0 Å². The average Bonchev–Trinajstić information content (AvgIpc) is 2.97. The summed E-state index contributed by atoms with van der Waals surface area (Å²) in [5, 5.41) is 4.61. The van der Waals surface area contributed by atoms with E-state index in [0.717, 1.165) is 36.3 Å². The van der Waals surface area contributed by atoms with E-state index in [2.05, 4.69) is 25.0 Å². The predicted octanol–water partition coefficient (Wildman–Crippen LogP) is 3.32. The van der Waals surface area contributed by atoms with Crippen molar-refractivity contribution in [2.75, 3.05) is 6.54 Å². The van der Waals surface area contributed by atoms with Crippen LogP contribution >= 0.6 is 0 Å². The zero-order chi connectivity index (χ0) is 15.1. The van der Waals surface area contributed by atoms with Gasteiger partial charge < -0.3 is 10.5 Å². The maximum atomic E-state index is 5.90. The quantitative estimate of drug-likeness (QED) is 0.810. The molecule has 0 aliphatic carbocycles. The smallest absolute Gasteiger partial charge is 0.132 e. The fraction of sp³-hybridized carbons (Fsp3) is 0.471. The number of aromatic nitrogens is 2. The lowest BCUT2D eigenvalue weighted by molar-refractivity contribution is 0.294. The van der Waals surface area contributed by atoms with Crippen LogP contribution < -0.4 is 10.5 Å². The van der Waals surface area contributed by atoms with E-state index in [9.17, 15) is 0 Å². The molecule has 1 heterocycles. The highest BCUT2D eigenvalue weighted by atomic mass is 16.5. The van der Waals surface area contributed by atoms with Crippen molar-refractivity contribution in [3.8, 4) is 5.75 Å². The van der Waals surface area contributed by atoms with Gasteiger partial charge in [-0.3, -0.25) is 4.68 Å². The van der Waals surface area contributed by atoms with Crippen LogP contribution in [0.2, 0.25) is 0 Å². The topological polar surface area (TPSA) is 53.1 Å². The standard InChI is InChI=1S/C17H25N3O/c1-3-16(4-2)20-12-10-15(19-20)13-21-17-8-6-5-7-14(17)9-11-18/h5-8,10,12,16H,3-4,9,11,13,18H2,1-2H3. The lowest BCUT2D eigenvalue weighted by Crippen LogP contribution is -2.09. The van der Waals surface area contributed by atoms with Gasteiger partial charge in [0.25, 0.3) is 0 Å². The molecule has 0 aliphatic rings. The van der Waals surface area contributed by atoms with Crippen molar-refractivity contribution < 1.29 is 4.74 Å². The second-order valence-corrected chi connectivity index (χ2v) is 5.19. The van der Waals surface area contributed by atoms with Gasteiger partial charge in [-0.05, 0) is 43.5 Å². The van der Waals surface area contributed by atoms with Crippen molar-refractivity contribution in [1.29, 1.82) is 0 Å². The lowest BCUT2D eigenvalue weighted by atomic mass is 10.1. The molecule has 2 aromatic rings. The van der Waals surface area contributed by atoms with E-state index in [1.807, 2.05) is 35.1 Å². The second-order valence-electron chi connectivity index (χ2n) is 5.19. The van der Waals surface area contributed by atoms with Gasteiger partial charge in [0.1, 0.15) is 12.4 Å². The van der Waals surface area contributed by atoms with Crippen LogP contribution in [0.1, 0.15) is 44.0 Å². The van der Waals surface area contributed by atoms with Crippen LogP contribution in [0.3, 0.4) is 0 Å². The number of hydrogen-bond acceptors (Lipinski definition) is 3. The molecule has 0 bridgehead atoms. The molecular formula is C17H25N3O. The van der Waals surface area contributed by atoms with E-state index in [1.54, 1.807) is 0 Å². The summed E-state index contributed by atoms with van der Waals surface area (Å²) in [7, 11) is 0. The van der Waals surface area contributed by atoms with Gasteiger partial charge in [-0.2, -0.15) is 5.10 Å². The van der Waals surface area contributed by atoms with Crippen LogP contribution in [0.4, 0.5) is 0 Å². The van der Waals surface area contributed by atoms with Crippen molar-refractivity contribution in [3.63, 3.8) is 0 Å². The fourth-order valence-corrected chi connectivity index (χ4v) is 2.48. The predicted molar refractivity (Wildman–Crippen MR) is 85.4 cm³/mol. The van der Waals surface area contributed by atoms with Crippen LogP contribution in [0, 0.1) is 0 Å². The molecule has 0 fully saturated rings. The Balaban J connectivity index is 2.00. The molecule has 114 valence electrons. The summed E-state index contributed by atoms with van der Waals surface area (Å²) in [5.41, 5.74) is 7.75. The molecule has 1 aromatic carbocycles. The van der Waals surface area contributed by atoms with Gasteiger partial charge in [-0.15, -0.1) is 0 Å². The summed E-state index contributed by atoms with van der Waals surface area (Å²) in [6, 6.07) is 10.6. The van der Waals surface area contributed by atoms with E-state index in [1.165, 1.54) is 0 Å². The highest BCUT2D eigenvalue weighted by Crippen LogP contribution is 2.20. The second kappa shape index (κ2) is 7.84. The minimum atomic E-state index is 0.475. The molecule has 4 heteroatoms. The zero-order valence-corrected chi connectivity index (χ0v) is 13.0. The van der Waals surface area contributed by atoms with Gasteiger partial charge in [-0.25, -0.2) is 0 Å². The molecular weight excluding hydrogens is 262 g/mol. The molecule has 0 saturated carbocycles. The van der Waals surface area contributed by atoms with Crippen molar-refractivity contribution >= 4 is 0 Å². The summed E-state index contributed by atoms with van der Waals surface area (Å²) in [6.45, 7) is 5.50. The SMILES string of the molecule is CCC(CC)n1ccc(COc2ccccc2CCN)n1. The first kappa shape index (κ1) is 15.6. The third-order valence-corrected chi connectivity index (χ3v) is 3.74. The van der Waals surface area contributed by atoms with E-state index in [-0.39, 0.29) is 0 Å². The Hall–Kier alpha value is -1.81. The fourth-order valence-electron chi connectivity index (χ4n) is 2.48. The van der Waals surface area contributed by atoms with Gasteiger partial charge >= 0.3 is 0 Å². The molecule has 0 radical (unpaired) electrons. The third-order valence-electron chi connectivity index (χ3n) is 3.74. The molecule has 0 unspecified atom stereocenters. The van der Waals surface area contributed by atoms with Crippen molar-refractivity contribution in [2.45, 2.75) is 45.8 Å². The number of nitrogens with zero attached hydrogens (tertiary/aromatic N) is 2. The van der Waals surface area contributed by atoms with Crippen LogP contribution in [0.25, 0.3) is 0 Å². The maximum absolute atomic E-state index is 5.90. The molecule has 0 atom stereocenters. The summed E-state index contributed by atoms with van der Waals surface area (Å²) >= 11 is 0. The average molecular weight is 287 g/mol. The van der Waals surface area contributed by atoms with Gasteiger partial charge in [-0.1, -0.05) is 32.0 Å². The first-order valence-electron chi connectivity index (χ1n) is 7.73. The van der Waals surface area contributed by atoms with E-state index in [4.69, 9.17) is 10.5 Å². The number of para-hydroxylation sites is 1. The van der Waals surface area contributed by atoms with Crippen molar-refractivity contribution in [1.82, 2.24) is 9.78 Å². The summed E-state index contributed by atoms with van der Waals surface area (Å²) in [4.78, 5) is 0. The molecule has 0 spiro atoms. The molecule has 4 nitrogen and oxygen atoms in total. The first-order chi connectivity index (χ1) is 10.3. The van der Waals surface area contributed by atoms with Crippen LogP contribution in [-0.4, -0.2) is 16.3 Å². The van der Waals surface area contributed by atoms with Gasteiger partial charge in [0.05, 0.1) is 11.7 Å². The Bertz CT molecular complexity index is 546. The van der Waals surface area contributed by atoms with Crippen LogP contribution in [0.5, 0.6) is 5.75 Å². The summed E-state index contributed by atoms with van der Waals surface area (Å²) in [6.07, 6.45) is 5.07. The van der Waals surface area contributed by atoms with E-state index < -0.39 is 0 Å². The third kappa shape index (κ3) is 4.08. The molecule has 0 aliphatic heterocycles. The summed E-state index contributed by atoms with van der Waals surface area (Å²) in [5.74, 6) is 0.903. The molecule has 1 aromatic heterocycles. The van der Waals surface area contributed by atoms with Crippen molar-refractivity contribution in [3.05, 3.63) is 47.8 Å². The normalized spacial score (nSPS) is 11.0. The number of ether oxygens (including phenoxy) is 1. The summed E-state index contributed by atoms with van der Waals surface area (Å²) < 4.78 is 7.95. The largest absolute Gasteiger partial charge is 0.487 e. The van der Waals surface area contributed by atoms with E-state index >= 15 is 0 Å². The van der Waals surface area contributed by atoms with Crippen LogP contribution in [-0.2, 0) is 13.0 Å². The molecule has 0 saturated heterocycles. The molecule has 0 amide bonds. The van der Waals surface area contributed by atoms with Gasteiger partial charge in [0, 0.05) is 6.20 Å². The number of rotatable bonds is 8. The number of nitrogens with two attached hydrogens (primary N) is 1. The Morgan fingerprint density at radius 1 is 1.19 bits per heavy atom.